The molecule has 1 fully saturated rings. The second-order valence-electron chi connectivity index (χ2n) is 6.32. The number of amides is 1. The molecule has 1 aliphatic rings. The number of nitrogens with one attached hydrogen (secondary N) is 1. The smallest absolute Gasteiger partial charge is 0.222 e. The first-order chi connectivity index (χ1) is 11.0. The molecule has 7 heteroatoms. The highest BCUT2D eigenvalue weighted by atomic mass is 16.3. The van der Waals surface area contributed by atoms with Crippen LogP contribution < -0.4 is 5.32 Å². The number of hydrogen-bond acceptors (Lipinski definition) is 4. The topological polar surface area (TPSA) is 85.0 Å². The van der Waals surface area contributed by atoms with Gasteiger partial charge in [0, 0.05) is 43.7 Å². The number of hydrogen-bond donors (Lipinski definition) is 2. The van der Waals surface area contributed by atoms with Crippen molar-refractivity contribution < 1.29 is 9.90 Å². The lowest BCUT2D eigenvalue weighted by molar-refractivity contribution is -0.123. The Morgan fingerprint density at radius 1 is 1.48 bits per heavy atom. The van der Waals surface area contributed by atoms with Gasteiger partial charge >= 0.3 is 0 Å². The molecule has 0 bridgehead atoms. The standard InChI is InChI=1S/C16H23N5O2/c1-11-3-5-17-21(11)6-4-15(23)19-16(12-7-14(22)8-12)13-9-18-20(2)10-13/h3,5,9-10,12,14,16,22H,4,6-8H2,1-2H3,(H,19,23)/t12?,14?,16-/m1/s1. The maximum absolute atomic E-state index is 12.3. The summed E-state index contributed by atoms with van der Waals surface area (Å²) >= 11 is 0. The van der Waals surface area contributed by atoms with Crippen molar-refractivity contribution >= 4 is 5.91 Å². The van der Waals surface area contributed by atoms with E-state index in [2.05, 4.69) is 15.5 Å². The molecule has 0 unspecified atom stereocenters. The van der Waals surface area contributed by atoms with E-state index in [0.29, 0.717) is 13.0 Å². The van der Waals surface area contributed by atoms with Crippen molar-refractivity contribution in [2.75, 3.05) is 0 Å². The number of rotatable bonds is 6. The van der Waals surface area contributed by atoms with E-state index in [9.17, 15) is 9.90 Å². The van der Waals surface area contributed by atoms with Crippen LogP contribution in [0, 0.1) is 12.8 Å². The van der Waals surface area contributed by atoms with E-state index >= 15 is 0 Å². The number of aromatic nitrogens is 4. The van der Waals surface area contributed by atoms with Gasteiger partial charge < -0.3 is 10.4 Å². The molecular formula is C16H23N5O2. The van der Waals surface area contributed by atoms with Crippen molar-refractivity contribution in [2.24, 2.45) is 13.0 Å². The Kier molecular flexibility index (Phi) is 4.47. The molecule has 1 aliphatic carbocycles. The monoisotopic (exact) mass is 317 g/mol. The van der Waals surface area contributed by atoms with E-state index in [1.807, 2.05) is 30.9 Å². The van der Waals surface area contributed by atoms with Gasteiger partial charge in [-0.15, -0.1) is 0 Å². The minimum atomic E-state index is -0.247. The average molecular weight is 317 g/mol. The third-order valence-corrected chi connectivity index (χ3v) is 4.50. The predicted molar refractivity (Wildman–Crippen MR) is 84.4 cm³/mol. The van der Waals surface area contributed by atoms with E-state index < -0.39 is 0 Å². The van der Waals surface area contributed by atoms with Crippen molar-refractivity contribution in [3.8, 4) is 0 Å². The highest BCUT2D eigenvalue weighted by molar-refractivity contribution is 5.76. The number of aliphatic hydroxyl groups excluding tert-OH is 1. The molecule has 7 nitrogen and oxygen atoms in total. The van der Waals surface area contributed by atoms with Gasteiger partial charge in [-0.05, 0) is 31.7 Å². The third kappa shape index (κ3) is 3.61. The quantitative estimate of drug-likeness (QED) is 0.830. The first-order valence-corrected chi connectivity index (χ1v) is 7.97. The molecule has 2 aromatic heterocycles. The SMILES string of the molecule is Cc1ccnn1CCC(=O)N[C@@H](c1cnn(C)c1)C1CC(O)C1. The molecule has 1 saturated carbocycles. The van der Waals surface area contributed by atoms with Gasteiger partial charge in [-0.2, -0.15) is 10.2 Å². The predicted octanol–water partition coefficient (Wildman–Crippen LogP) is 0.944. The fraction of sp³-hybridized carbons (Fsp3) is 0.562. The van der Waals surface area contributed by atoms with E-state index in [0.717, 1.165) is 24.1 Å². The summed E-state index contributed by atoms with van der Waals surface area (Å²) in [6.45, 7) is 2.54. The highest BCUT2D eigenvalue weighted by Gasteiger charge is 2.36. The molecule has 3 rings (SSSR count). The van der Waals surface area contributed by atoms with Gasteiger partial charge in [0.15, 0.2) is 0 Å². The molecule has 2 N–H and O–H groups in total. The zero-order chi connectivity index (χ0) is 16.4. The van der Waals surface area contributed by atoms with Crippen LogP contribution in [0.2, 0.25) is 0 Å². The van der Waals surface area contributed by atoms with Crippen molar-refractivity contribution in [3.05, 3.63) is 35.9 Å². The van der Waals surface area contributed by atoms with Gasteiger partial charge in [-0.25, -0.2) is 0 Å². The van der Waals surface area contributed by atoms with Gasteiger partial charge in [-0.3, -0.25) is 14.2 Å². The molecule has 0 aliphatic heterocycles. The van der Waals surface area contributed by atoms with Crippen LogP contribution in [-0.4, -0.2) is 36.7 Å². The molecular weight excluding hydrogens is 294 g/mol. The summed E-state index contributed by atoms with van der Waals surface area (Å²) in [6, 6.07) is 1.84. The molecule has 124 valence electrons. The van der Waals surface area contributed by atoms with Gasteiger partial charge in [0.2, 0.25) is 5.91 Å². The fourth-order valence-corrected chi connectivity index (χ4v) is 3.06. The van der Waals surface area contributed by atoms with Gasteiger partial charge in [0.05, 0.1) is 18.3 Å². The van der Waals surface area contributed by atoms with Gasteiger partial charge in [0.25, 0.3) is 0 Å². The normalized spacial score (nSPS) is 21.7. The van der Waals surface area contributed by atoms with E-state index in [-0.39, 0.29) is 24.0 Å². The maximum atomic E-state index is 12.3. The van der Waals surface area contributed by atoms with Crippen LogP contribution in [0.1, 0.15) is 36.6 Å². The molecule has 0 spiro atoms. The largest absolute Gasteiger partial charge is 0.393 e. The summed E-state index contributed by atoms with van der Waals surface area (Å²) < 4.78 is 3.56. The first-order valence-electron chi connectivity index (χ1n) is 7.97. The van der Waals surface area contributed by atoms with Crippen molar-refractivity contribution in [2.45, 2.75) is 44.9 Å². The molecule has 2 aromatic rings. The summed E-state index contributed by atoms with van der Waals surface area (Å²) in [6.07, 6.45) is 7.02. The lowest BCUT2D eigenvalue weighted by atomic mass is 9.75. The summed E-state index contributed by atoms with van der Waals surface area (Å²) in [5.74, 6) is 0.264. The van der Waals surface area contributed by atoms with Crippen LogP contribution >= 0.6 is 0 Å². The van der Waals surface area contributed by atoms with E-state index in [1.165, 1.54) is 0 Å². The van der Waals surface area contributed by atoms with E-state index in [1.54, 1.807) is 17.1 Å². The Bertz CT molecular complexity index is 672. The van der Waals surface area contributed by atoms with Crippen molar-refractivity contribution in [1.82, 2.24) is 24.9 Å². The Balaban J connectivity index is 1.61. The summed E-state index contributed by atoms with van der Waals surface area (Å²) in [5.41, 5.74) is 2.04. The Labute approximate surface area is 135 Å². The number of carbonyl (C=O) groups is 1. The Morgan fingerprint density at radius 2 is 2.26 bits per heavy atom. The highest BCUT2D eigenvalue weighted by Crippen LogP contribution is 2.37. The summed E-state index contributed by atoms with van der Waals surface area (Å²) in [4.78, 5) is 12.3. The van der Waals surface area contributed by atoms with Crippen LogP contribution in [0.4, 0.5) is 0 Å². The molecule has 1 atom stereocenters. The number of aliphatic hydroxyl groups is 1. The Hall–Kier alpha value is -2.15. The number of carbonyl (C=O) groups excluding carboxylic acids is 1. The number of nitrogens with zero attached hydrogens (tertiary/aromatic N) is 4. The lowest BCUT2D eigenvalue weighted by Crippen LogP contribution is -2.41. The van der Waals surface area contributed by atoms with Crippen LogP contribution in [0.15, 0.2) is 24.7 Å². The molecule has 0 radical (unpaired) electrons. The third-order valence-electron chi connectivity index (χ3n) is 4.50. The average Bonchev–Trinajstić information content (AvgIpc) is 3.08. The van der Waals surface area contributed by atoms with Crippen LogP contribution in [0.5, 0.6) is 0 Å². The first kappa shape index (κ1) is 15.7. The molecule has 0 aromatic carbocycles. The lowest BCUT2D eigenvalue weighted by Gasteiger charge is -2.37. The minimum absolute atomic E-state index is 0.00450. The summed E-state index contributed by atoms with van der Waals surface area (Å²) in [5, 5.41) is 21.1. The molecule has 1 amide bonds. The molecule has 23 heavy (non-hydrogen) atoms. The zero-order valence-corrected chi connectivity index (χ0v) is 13.5. The van der Waals surface area contributed by atoms with Crippen LogP contribution in [0.3, 0.4) is 0 Å². The Morgan fingerprint density at radius 3 is 2.83 bits per heavy atom. The van der Waals surface area contributed by atoms with E-state index in [4.69, 9.17) is 0 Å². The van der Waals surface area contributed by atoms with Crippen LogP contribution in [0.25, 0.3) is 0 Å². The zero-order valence-electron chi connectivity index (χ0n) is 13.5. The van der Waals surface area contributed by atoms with Crippen LogP contribution in [-0.2, 0) is 18.4 Å². The van der Waals surface area contributed by atoms with Gasteiger partial charge in [0.1, 0.15) is 0 Å². The molecule has 0 saturated heterocycles. The van der Waals surface area contributed by atoms with Crippen molar-refractivity contribution in [3.63, 3.8) is 0 Å². The van der Waals surface area contributed by atoms with Gasteiger partial charge in [-0.1, -0.05) is 0 Å². The molecule has 2 heterocycles. The second-order valence-corrected chi connectivity index (χ2v) is 6.32. The summed E-state index contributed by atoms with van der Waals surface area (Å²) in [7, 11) is 1.86. The number of aryl methyl sites for hydroxylation is 3. The minimum Gasteiger partial charge on any atom is -0.393 e. The second kappa shape index (κ2) is 6.54. The van der Waals surface area contributed by atoms with Crippen molar-refractivity contribution in [1.29, 1.82) is 0 Å². The fourth-order valence-electron chi connectivity index (χ4n) is 3.06. The maximum Gasteiger partial charge on any atom is 0.222 e.